The summed E-state index contributed by atoms with van der Waals surface area (Å²) in [4.78, 5) is 4.26. The molecule has 1 aromatic carbocycles. The number of halogens is 1. The highest BCUT2D eigenvalue weighted by Crippen LogP contribution is 2.23. The fourth-order valence-electron chi connectivity index (χ4n) is 2.67. The van der Waals surface area contributed by atoms with E-state index in [2.05, 4.69) is 40.6 Å². The Morgan fingerprint density at radius 3 is 2.72 bits per heavy atom. The van der Waals surface area contributed by atoms with E-state index in [1.165, 1.54) is 5.56 Å². The van der Waals surface area contributed by atoms with E-state index in [-0.39, 0.29) is 29.6 Å². The molecule has 1 heterocycles. The van der Waals surface area contributed by atoms with Crippen molar-refractivity contribution in [1.82, 2.24) is 10.6 Å². The molecule has 0 saturated carbocycles. The highest BCUT2D eigenvalue weighted by molar-refractivity contribution is 14.0. The van der Waals surface area contributed by atoms with Gasteiger partial charge in [-0.3, -0.25) is 4.99 Å². The first-order chi connectivity index (χ1) is 11.6. The van der Waals surface area contributed by atoms with Crippen LogP contribution in [0, 0.1) is 12.3 Å². The number of benzene rings is 1. The van der Waals surface area contributed by atoms with Crippen molar-refractivity contribution in [2.75, 3.05) is 33.4 Å². The van der Waals surface area contributed by atoms with Crippen molar-refractivity contribution < 1.29 is 9.47 Å². The van der Waals surface area contributed by atoms with Crippen molar-refractivity contribution in [1.29, 1.82) is 0 Å². The van der Waals surface area contributed by atoms with Gasteiger partial charge in [-0.2, -0.15) is 0 Å². The van der Waals surface area contributed by atoms with E-state index in [0.717, 1.165) is 50.7 Å². The van der Waals surface area contributed by atoms with Gasteiger partial charge in [0.25, 0.3) is 0 Å². The van der Waals surface area contributed by atoms with E-state index >= 15 is 0 Å². The van der Waals surface area contributed by atoms with Gasteiger partial charge in [0, 0.05) is 26.7 Å². The Bertz CT molecular complexity index is 575. The molecule has 25 heavy (non-hydrogen) atoms. The van der Waals surface area contributed by atoms with E-state index < -0.39 is 0 Å². The van der Waals surface area contributed by atoms with Crippen LogP contribution < -0.4 is 15.4 Å². The smallest absolute Gasteiger partial charge is 0.191 e. The molecule has 2 N–H and O–H groups in total. The maximum absolute atomic E-state index is 5.78. The van der Waals surface area contributed by atoms with Gasteiger partial charge < -0.3 is 20.1 Å². The summed E-state index contributed by atoms with van der Waals surface area (Å²) < 4.78 is 11.1. The molecule has 1 aliphatic rings. The van der Waals surface area contributed by atoms with Crippen LogP contribution in [0.4, 0.5) is 0 Å². The van der Waals surface area contributed by atoms with E-state index in [9.17, 15) is 0 Å². The van der Waals surface area contributed by atoms with Crippen molar-refractivity contribution in [2.24, 2.45) is 4.99 Å². The summed E-state index contributed by atoms with van der Waals surface area (Å²) in [5.41, 5.74) is 1.16. The van der Waals surface area contributed by atoms with Crippen molar-refractivity contribution in [3.05, 3.63) is 29.8 Å². The summed E-state index contributed by atoms with van der Waals surface area (Å²) >= 11 is 0. The van der Waals surface area contributed by atoms with Crippen LogP contribution in [0.5, 0.6) is 5.75 Å². The first-order valence-corrected chi connectivity index (χ1v) is 8.39. The molecular formula is C19H28IN3O2. The largest absolute Gasteiger partial charge is 0.481 e. The van der Waals surface area contributed by atoms with Gasteiger partial charge in [-0.1, -0.05) is 18.1 Å². The van der Waals surface area contributed by atoms with Gasteiger partial charge >= 0.3 is 0 Å². The summed E-state index contributed by atoms with van der Waals surface area (Å²) in [5, 5.41) is 6.68. The minimum atomic E-state index is -0.0775. The predicted octanol–water partition coefficient (Wildman–Crippen LogP) is 2.59. The summed E-state index contributed by atoms with van der Waals surface area (Å²) in [6.45, 7) is 4.87. The first kappa shape index (κ1) is 21.6. The molecule has 0 radical (unpaired) electrons. The lowest BCUT2D eigenvalue weighted by Gasteiger charge is -2.24. The van der Waals surface area contributed by atoms with Crippen molar-refractivity contribution >= 4 is 29.9 Å². The highest BCUT2D eigenvalue weighted by atomic mass is 127. The molecule has 1 aliphatic heterocycles. The van der Waals surface area contributed by atoms with Crippen LogP contribution >= 0.6 is 24.0 Å². The molecule has 1 unspecified atom stereocenters. The van der Waals surface area contributed by atoms with E-state index in [1.807, 2.05) is 12.1 Å². The van der Waals surface area contributed by atoms with Crippen molar-refractivity contribution in [2.45, 2.75) is 31.8 Å². The molecule has 1 saturated heterocycles. The number of nitrogens with one attached hydrogen (secondary N) is 2. The molecule has 0 spiro atoms. The number of aliphatic imine (C=N–C) groups is 1. The second-order valence-corrected chi connectivity index (χ2v) is 6.14. The van der Waals surface area contributed by atoms with Crippen LogP contribution in [0.2, 0.25) is 0 Å². The fraction of sp³-hybridized carbons (Fsp3) is 0.526. The second kappa shape index (κ2) is 11.2. The minimum Gasteiger partial charge on any atom is -0.481 e. The summed E-state index contributed by atoms with van der Waals surface area (Å²) in [6.07, 6.45) is 8.30. The monoisotopic (exact) mass is 457 g/mol. The zero-order valence-electron chi connectivity index (χ0n) is 15.0. The van der Waals surface area contributed by atoms with E-state index in [0.29, 0.717) is 6.61 Å². The Kier molecular flexibility index (Phi) is 9.68. The Labute approximate surface area is 168 Å². The van der Waals surface area contributed by atoms with Crippen LogP contribution in [-0.2, 0) is 11.2 Å². The zero-order chi connectivity index (χ0) is 17.3. The summed E-state index contributed by atoms with van der Waals surface area (Å²) in [5.74, 6) is 4.06. The number of guanidine groups is 1. The molecule has 0 aliphatic carbocycles. The van der Waals surface area contributed by atoms with Gasteiger partial charge in [-0.05, 0) is 43.9 Å². The third kappa shape index (κ3) is 7.53. The van der Waals surface area contributed by atoms with Crippen LogP contribution in [-0.4, -0.2) is 44.9 Å². The van der Waals surface area contributed by atoms with Gasteiger partial charge in [-0.15, -0.1) is 30.4 Å². The molecule has 0 aromatic heterocycles. The zero-order valence-corrected chi connectivity index (χ0v) is 17.3. The fourth-order valence-corrected chi connectivity index (χ4v) is 2.67. The maximum atomic E-state index is 5.78. The Hall–Kier alpha value is -1.46. The standard InChI is InChI=1S/C19H27N3O2.HI/c1-4-13-23-17-8-6-16(7-9-17)10-12-21-18(20-3)22-15-19(2)11-5-14-24-19;/h1,6-9H,5,10-15H2,2-3H3,(H2,20,21,22);1H. The van der Waals surface area contributed by atoms with Gasteiger partial charge in [0.1, 0.15) is 12.4 Å². The third-order valence-electron chi connectivity index (χ3n) is 4.11. The number of hydrogen-bond acceptors (Lipinski definition) is 3. The molecule has 5 nitrogen and oxygen atoms in total. The lowest BCUT2D eigenvalue weighted by Crippen LogP contribution is -2.45. The molecular weight excluding hydrogens is 429 g/mol. The molecule has 1 aromatic rings. The normalized spacial score (nSPS) is 19.6. The maximum Gasteiger partial charge on any atom is 0.191 e. The lowest BCUT2D eigenvalue weighted by molar-refractivity contribution is 0.0243. The van der Waals surface area contributed by atoms with Crippen LogP contribution in [0.25, 0.3) is 0 Å². The molecule has 138 valence electrons. The second-order valence-electron chi connectivity index (χ2n) is 6.14. The Balaban J connectivity index is 0.00000312. The average molecular weight is 457 g/mol. The molecule has 2 rings (SSSR count). The number of hydrogen-bond donors (Lipinski definition) is 2. The Morgan fingerprint density at radius 2 is 2.12 bits per heavy atom. The lowest BCUT2D eigenvalue weighted by atomic mass is 10.0. The number of rotatable bonds is 7. The van der Waals surface area contributed by atoms with Gasteiger partial charge in [0.15, 0.2) is 5.96 Å². The van der Waals surface area contributed by atoms with Gasteiger partial charge in [-0.25, -0.2) is 0 Å². The van der Waals surface area contributed by atoms with Crippen LogP contribution in [0.3, 0.4) is 0 Å². The molecule has 1 atom stereocenters. The Morgan fingerprint density at radius 1 is 1.36 bits per heavy atom. The van der Waals surface area contributed by atoms with E-state index in [4.69, 9.17) is 15.9 Å². The molecule has 0 bridgehead atoms. The molecule has 6 heteroatoms. The van der Waals surface area contributed by atoms with Gasteiger partial charge in [0.2, 0.25) is 0 Å². The highest BCUT2D eigenvalue weighted by Gasteiger charge is 2.29. The summed E-state index contributed by atoms with van der Waals surface area (Å²) in [6, 6.07) is 7.99. The quantitative estimate of drug-likeness (QED) is 0.286. The number of terminal acetylenes is 1. The van der Waals surface area contributed by atoms with E-state index in [1.54, 1.807) is 7.05 Å². The number of nitrogens with zero attached hydrogens (tertiary/aromatic N) is 1. The third-order valence-corrected chi connectivity index (χ3v) is 4.11. The van der Waals surface area contributed by atoms with Crippen LogP contribution in [0.1, 0.15) is 25.3 Å². The number of ether oxygens (including phenoxy) is 2. The SMILES string of the molecule is C#CCOc1ccc(CCNC(=NC)NCC2(C)CCCO2)cc1.I. The first-order valence-electron chi connectivity index (χ1n) is 8.39. The van der Waals surface area contributed by atoms with Crippen molar-refractivity contribution in [3.63, 3.8) is 0 Å². The average Bonchev–Trinajstić information content (AvgIpc) is 3.04. The van der Waals surface area contributed by atoms with Gasteiger partial charge in [0.05, 0.1) is 5.60 Å². The van der Waals surface area contributed by atoms with Crippen molar-refractivity contribution in [3.8, 4) is 18.1 Å². The van der Waals surface area contributed by atoms with Crippen LogP contribution in [0.15, 0.2) is 29.3 Å². The topological polar surface area (TPSA) is 54.9 Å². The molecule has 0 amide bonds. The molecule has 1 fully saturated rings. The minimum absolute atomic E-state index is 0. The summed E-state index contributed by atoms with van der Waals surface area (Å²) in [7, 11) is 1.78. The predicted molar refractivity (Wildman–Crippen MR) is 113 cm³/mol.